The van der Waals surface area contributed by atoms with Crippen LogP contribution in [-0.2, 0) is 0 Å². The second-order valence-corrected chi connectivity index (χ2v) is 7.09. The zero-order valence-electron chi connectivity index (χ0n) is 12.9. The van der Waals surface area contributed by atoms with E-state index < -0.39 is 0 Å². The minimum absolute atomic E-state index is 0.0506. The number of rotatable bonds is 3. The standard InChI is InChI=1S/C21H15ClOS/c22-19-10-3-1-7-16(19)15(13-23)12-14-6-5-9-18-17-8-2-4-11-20(17)24-21(14)18/h1-12,23H,13H2/b15-12+. The van der Waals surface area contributed by atoms with E-state index in [1.807, 2.05) is 30.3 Å². The van der Waals surface area contributed by atoms with Crippen molar-refractivity contribution in [2.75, 3.05) is 6.61 Å². The third kappa shape index (κ3) is 2.63. The minimum atomic E-state index is -0.0506. The van der Waals surface area contributed by atoms with Gasteiger partial charge in [0.2, 0.25) is 0 Å². The molecule has 118 valence electrons. The summed E-state index contributed by atoms with van der Waals surface area (Å²) >= 11 is 8.08. The lowest BCUT2D eigenvalue weighted by molar-refractivity contribution is 0.351. The molecule has 0 atom stereocenters. The van der Waals surface area contributed by atoms with E-state index >= 15 is 0 Å². The molecule has 1 nitrogen and oxygen atoms in total. The predicted molar refractivity (Wildman–Crippen MR) is 106 cm³/mol. The second-order valence-electron chi connectivity index (χ2n) is 5.63. The summed E-state index contributed by atoms with van der Waals surface area (Å²) in [6.07, 6.45) is 2.04. The lowest BCUT2D eigenvalue weighted by atomic mass is 10.0. The van der Waals surface area contributed by atoms with Gasteiger partial charge >= 0.3 is 0 Å². The van der Waals surface area contributed by atoms with Crippen LogP contribution in [-0.4, -0.2) is 11.7 Å². The summed E-state index contributed by atoms with van der Waals surface area (Å²) in [5, 5.41) is 13.0. The van der Waals surface area contributed by atoms with Gasteiger partial charge in [0.15, 0.2) is 0 Å². The maximum atomic E-state index is 9.85. The molecule has 0 saturated heterocycles. The first-order chi connectivity index (χ1) is 11.8. The molecule has 0 saturated carbocycles. The van der Waals surface area contributed by atoms with E-state index in [1.165, 1.54) is 20.2 Å². The molecule has 1 aromatic heterocycles. The number of aliphatic hydroxyl groups is 1. The van der Waals surface area contributed by atoms with Gasteiger partial charge in [0, 0.05) is 25.2 Å². The lowest BCUT2D eigenvalue weighted by Gasteiger charge is -2.07. The van der Waals surface area contributed by atoms with Gasteiger partial charge in [-0.25, -0.2) is 0 Å². The third-order valence-corrected chi connectivity index (χ3v) is 5.72. The molecule has 0 amide bonds. The Labute approximate surface area is 149 Å². The van der Waals surface area contributed by atoms with Gasteiger partial charge in [-0.05, 0) is 34.9 Å². The number of hydrogen-bond acceptors (Lipinski definition) is 2. The van der Waals surface area contributed by atoms with Crippen molar-refractivity contribution in [2.45, 2.75) is 0 Å². The van der Waals surface area contributed by atoms with Crippen molar-refractivity contribution < 1.29 is 5.11 Å². The summed E-state index contributed by atoms with van der Waals surface area (Å²) in [7, 11) is 0. The first-order valence-electron chi connectivity index (χ1n) is 7.74. The molecule has 1 N–H and O–H groups in total. The third-order valence-electron chi connectivity index (χ3n) is 4.15. The van der Waals surface area contributed by atoms with Gasteiger partial charge in [-0.1, -0.05) is 66.2 Å². The first-order valence-corrected chi connectivity index (χ1v) is 8.94. The van der Waals surface area contributed by atoms with Crippen molar-refractivity contribution in [3.05, 3.63) is 82.9 Å². The van der Waals surface area contributed by atoms with Gasteiger partial charge in [0.05, 0.1) is 6.61 Å². The number of benzene rings is 3. The Balaban J connectivity index is 1.94. The number of fused-ring (bicyclic) bond motifs is 3. The van der Waals surface area contributed by atoms with Crippen LogP contribution >= 0.6 is 22.9 Å². The van der Waals surface area contributed by atoms with Gasteiger partial charge < -0.3 is 5.11 Å². The summed E-state index contributed by atoms with van der Waals surface area (Å²) in [4.78, 5) is 0. The van der Waals surface area contributed by atoms with Crippen LogP contribution in [0, 0.1) is 0 Å². The van der Waals surface area contributed by atoms with Crippen molar-refractivity contribution in [2.24, 2.45) is 0 Å². The molecule has 0 radical (unpaired) electrons. The smallest absolute Gasteiger partial charge is 0.0688 e. The van der Waals surface area contributed by atoms with Gasteiger partial charge in [-0.2, -0.15) is 0 Å². The molecule has 0 aliphatic rings. The molecule has 4 aromatic rings. The van der Waals surface area contributed by atoms with E-state index in [0.717, 1.165) is 16.7 Å². The zero-order valence-corrected chi connectivity index (χ0v) is 14.4. The average Bonchev–Trinajstić information content (AvgIpc) is 3.00. The van der Waals surface area contributed by atoms with Gasteiger partial charge in [0.25, 0.3) is 0 Å². The van der Waals surface area contributed by atoms with Crippen LogP contribution < -0.4 is 0 Å². The van der Waals surface area contributed by atoms with E-state index in [4.69, 9.17) is 11.6 Å². The van der Waals surface area contributed by atoms with Crippen molar-refractivity contribution in [1.29, 1.82) is 0 Å². The second kappa shape index (κ2) is 6.40. The highest BCUT2D eigenvalue weighted by Crippen LogP contribution is 2.37. The summed E-state index contributed by atoms with van der Waals surface area (Å²) < 4.78 is 2.51. The van der Waals surface area contributed by atoms with E-state index in [0.29, 0.717) is 5.02 Å². The number of hydrogen-bond donors (Lipinski definition) is 1. The molecular weight excluding hydrogens is 336 g/mol. The number of halogens is 1. The molecule has 0 aliphatic carbocycles. The molecule has 0 unspecified atom stereocenters. The van der Waals surface area contributed by atoms with E-state index in [9.17, 15) is 5.11 Å². The van der Waals surface area contributed by atoms with Crippen molar-refractivity contribution in [1.82, 2.24) is 0 Å². The molecule has 0 fully saturated rings. The Hall–Kier alpha value is -2.13. The fourth-order valence-electron chi connectivity index (χ4n) is 3.00. The lowest BCUT2D eigenvalue weighted by Crippen LogP contribution is -1.91. The summed E-state index contributed by atoms with van der Waals surface area (Å²) in [5.41, 5.74) is 2.81. The monoisotopic (exact) mass is 350 g/mol. The van der Waals surface area contributed by atoms with E-state index in [2.05, 4.69) is 42.5 Å². The van der Waals surface area contributed by atoms with Crippen LogP contribution in [0.5, 0.6) is 0 Å². The largest absolute Gasteiger partial charge is 0.392 e. The topological polar surface area (TPSA) is 20.2 Å². The highest BCUT2D eigenvalue weighted by atomic mass is 35.5. The first kappa shape index (κ1) is 15.4. The number of aliphatic hydroxyl groups excluding tert-OH is 1. The Morgan fingerprint density at radius 2 is 1.67 bits per heavy atom. The van der Waals surface area contributed by atoms with Gasteiger partial charge in [0.1, 0.15) is 0 Å². The molecule has 0 spiro atoms. The highest BCUT2D eigenvalue weighted by molar-refractivity contribution is 7.26. The highest BCUT2D eigenvalue weighted by Gasteiger charge is 2.10. The predicted octanol–water partition coefficient (Wildman–Crippen LogP) is 6.24. The molecular formula is C21H15ClOS. The van der Waals surface area contributed by atoms with Crippen LogP contribution in [0.25, 0.3) is 31.8 Å². The SMILES string of the molecule is OC/C(=C\c1cccc2c1sc1ccccc12)c1ccccc1Cl. The van der Waals surface area contributed by atoms with Gasteiger partial charge in [-0.15, -0.1) is 11.3 Å². The summed E-state index contributed by atoms with van der Waals surface area (Å²) in [6, 6.07) is 22.4. The summed E-state index contributed by atoms with van der Waals surface area (Å²) in [5.74, 6) is 0. The van der Waals surface area contributed by atoms with Gasteiger partial charge in [-0.3, -0.25) is 0 Å². The zero-order chi connectivity index (χ0) is 16.5. The van der Waals surface area contributed by atoms with Crippen LogP contribution in [0.3, 0.4) is 0 Å². The normalized spacial score (nSPS) is 12.2. The molecule has 3 heteroatoms. The molecule has 24 heavy (non-hydrogen) atoms. The van der Waals surface area contributed by atoms with Crippen molar-refractivity contribution >= 4 is 54.8 Å². The molecule has 0 aliphatic heterocycles. The van der Waals surface area contributed by atoms with Crippen LogP contribution in [0.2, 0.25) is 5.02 Å². The fourth-order valence-corrected chi connectivity index (χ4v) is 4.44. The quantitative estimate of drug-likeness (QED) is 0.433. The maximum Gasteiger partial charge on any atom is 0.0688 e. The average molecular weight is 351 g/mol. The molecule has 3 aromatic carbocycles. The van der Waals surface area contributed by atoms with Crippen LogP contribution in [0.15, 0.2) is 66.7 Å². The molecule has 0 bridgehead atoms. The Kier molecular flexibility index (Phi) is 4.11. The fraction of sp³-hybridized carbons (Fsp3) is 0.0476. The number of thiophene rings is 1. The van der Waals surface area contributed by atoms with Crippen LogP contribution in [0.1, 0.15) is 11.1 Å². The Morgan fingerprint density at radius 3 is 2.50 bits per heavy atom. The summed E-state index contributed by atoms with van der Waals surface area (Å²) in [6.45, 7) is -0.0506. The molecule has 1 heterocycles. The Bertz CT molecular complexity index is 1060. The van der Waals surface area contributed by atoms with E-state index in [-0.39, 0.29) is 6.61 Å². The minimum Gasteiger partial charge on any atom is -0.392 e. The van der Waals surface area contributed by atoms with Crippen molar-refractivity contribution in [3.8, 4) is 0 Å². The van der Waals surface area contributed by atoms with Crippen LogP contribution in [0.4, 0.5) is 0 Å². The molecule has 4 rings (SSSR count). The maximum absolute atomic E-state index is 9.85. The Morgan fingerprint density at radius 1 is 0.917 bits per heavy atom. The van der Waals surface area contributed by atoms with E-state index in [1.54, 1.807) is 11.3 Å². The van der Waals surface area contributed by atoms with Crippen molar-refractivity contribution in [3.63, 3.8) is 0 Å².